The molecular formula is C13H25BrOSi. The van der Waals surface area contributed by atoms with E-state index in [-0.39, 0.29) is 0 Å². The molecule has 0 radical (unpaired) electrons. The van der Waals surface area contributed by atoms with E-state index < -0.39 is 8.32 Å². The quantitative estimate of drug-likeness (QED) is 0.414. The molecule has 16 heavy (non-hydrogen) atoms. The lowest BCUT2D eigenvalue weighted by Gasteiger charge is -2.37. The van der Waals surface area contributed by atoms with Gasteiger partial charge in [-0.3, -0.25) is 0 Å². The van der Waals surface area contributed by atoms with Crippen LogP contribution in [0.4, 0.5) is 0 Å². The lowest BCUT2D eigenvalue weighted by atomic mass is 10.1. The first-order chi connectivity index (χ1) is 7.26. The molecule has 0 saturated heterocycles. The van der Waals surface area contributed by atoms with E-state index in [1.165, 1.54) is 12.8 Å². The Kier molecular flexibility index (Phi) is 4.84. The summed E-state index contributed by atoms with van der Waals surface area (Å²) in [5, 5.41) is 1.36. The van der Waals surface area contributed by atoms with Crippen molar-refractivity contribution in [1.82, 2.24) is 0 Å². The highest BCUT2D eigenvalue weighted by Crippen LogP contribution is 2.37. The molecule has 0 aromatic rings. The molecule has 1 aliphatic rings. The van der Waals surface area contributed by atoms with Gasteiger partial charge in [0, 0.05) is 11.9 Å². The van der Waals surface area contributed by atoms with Crippen LogP contribution in [0.15, 0.2) is 11.6 Å². The predicted octanol–water partition coefficient (Wildman–Crippen LogP) is 4.74. The van der Waals surface area contributed by atoms with Crippen LogP contribution in [0.1, 0.15) is 33.6 Å². The second-order valence-corrected chi connectivity index (χ2v) is 11.7. The van der Waals surface area contributed by atoms with Crippen LogP contribution in [0.2, 0.25) is 18.1 Å². The number of hydrogen-bond donors (Lipinski definition) is 0. The van der Waals surface area contributed by atoms with Crippen molar-refractivity contribution < 1.29 is 4.43 Å². The van der Waals surface area contributed by atoms with Gasteiger partial charge in [-0.2, -0.15) is 0 Å². The van der Waals surface area contributed by atoms with Crippen LogP contribution >= 0.6 is 15.9 Å². The van der Waals surface area contributed by atoms with E-state index in [2.05, 4.69) is 55.9 Å². The molecule has 1 atom stereocenters. The Balaban J connectivity index is 2.37. The van der Waals surface area contributed by atoms with Gasteiger partial charge in [-0.05, 0) is 36.9 Å². The molecule has 0 N–H and O–H groups in total. The molecule has 3 heteroatoms. The van der Waals surface area contributed by atoms with E-state index >= 15 is 0 Å². The maximum absolute atomic E-state index is 6.26. The predicted molar refractivity (Wildman–Crippen MR) is 77.8 cm³/mol. The summed E-state index contributed by atoms with van der Waals surface area (Å²) in [6, 6.07) is 0. The van der Waals surface area contributed by atoms with Crippen molar-refractivity contribution in [2.24, 2.45) is 5.92 Å². The summed E-state index contributed by atoms with van der Waals surface area (Å²) < 4.78 is 6.26. The average Bonchev–Trinajstić information content (AvgIpc) is 2.60. The van der Waals surface area contributed by atoms with Crippen LogP contribution in [0.25, 0.3) is 0 Å². The summed E-state index contributed by atoms with van der Waals surface area (Å²) in [4.78, 5) is 0. The maximum Gasteiger partial charge on any atom is 0.191 e. The van der Waals surface area contributed by atoms with Gasteiger partial charge in [0.05, 0.1) is 0 Å². The van der Waals surface area contributed by atoms with Gasteiger partial charge in [0.25, 0.3) is 0 Å². The smallest absolute Gasteiger partial charge is 0.191 e. The number of halogens is 1. The Hall–Kier alpha value is 0.397. The summed E-state index contributed by atoms with van der Waals surface area (Å²) in [5.74, 6) is 0.724. The molecule has 1 unspecified atom stereocenters. The molecule has 94 valence electrons. The van der Waals surface area contributed by atoms with Crippen molar-refractivity contribution in [2.45, 2.75) is 51.7 Å². The molecule has 1 aliphatic carbocycles. The summed E-state index contributed by atoms with van der Waals surface area (Å²) in [7, 11) is -1.54. The zero-order valence-electron chi connectivity index (χ0n) is 11.3. The van der Waals surface area contributed by atoms with E-state index in [0.717, 1.165) is 17.9 Å². The van der Waals surface area contributed by atoms with Gasteiger partial charge in [-0.25, -0.2) is 0 Å². The van der Waals surface area contributed by atoms with Crippen molar-refractivity contribution >= 4 is 24.2 Å². The SMILES string of the molecule is CC(C)(C)[Si](C)(C)OCC1CC=C(CBr)C1. The minimum atomic E-state index is -1.54. The fourth-order valence-electron chi connectivity index (χ4n) is 1.65. The first-order valence-electron chi connectivity index (χ1n) is 6.14. The lowest BCUT2D eigenvalue weighted by Crippen LogP contribution is -2.41. The van der Waals surface area contributed by atoms with Crippen LogP contribution < -0.4 is 0 Å². The molecule has 0 saturated carbocycles. The molecule has 0 bridgehead atoms. The molecule has 0 amide bonds. The third kappa shape index (κ3) is 3.71. The zero-order chi connectivity index (χ0) is 12.4. The molecule has 1 rings (SSSR count). The third-order valence-electron chi connectivity index (χ3n) is 3.95. The monoisotopic (exact) mass is 304 g/mol. The molecule has 0 heterocycles. The Bertz CT molecular complexity index is 266. The Labute approximate surface area is 110 Å². The molecule has 0 fully saturated rings. The van der Waals surface area contributed by atoms with Crippen molar-refractivity contribution in [3.8, 4) is 0 Å². The molecular weight excluding hydrogens is 280 g/mol. The number of rotatable bonds is 4. The zero-order valence-corrected chi connectivity index (χ0v) is 13.9. The Morgan fingerprint density at radius 3 is 2.50 bits per heavy atom. The normalized spacial score (nSPS) is 22.4. The van der Waals surface area contributed by atoms with Crippen LogP contribution in [0.5, 0.6) is 0 Å². The summed E-state index contributed by atoms with van der Waals surface area (Å²) in [5.41, 5.74) is 1.55. The van der Waals surface area contributed by atoms with Crippen molar-refractivity contribution in [3.63, 3.8) is 0 Å². The van der Waals surface area contributed by atoms with Gasteiger partial charge in [0.1, 0.15) is 0 Å². The van der Waals surface area contributed by atoms with Gasteiger partial charge in [0.15, 0.2) is 8.32 Å². The van der Waals surface area contributed by atoms with Gasteiger partial charge >= 0.3 is 0 Å². The largest absolute Gasteiger partial charge is 0.417 e. The summed E-state index contributed by atoms with van der Waals surface area (Å²) >= 11 is 3.53. The third-order valence-corrected chi connectivity index (χ3v) is 9.17. The standard InChI is InChI=1S/C13H25BrOSi/c1-13(2,3)16(4,5)15-10-12-7-6-11(8-12)9-14/h6,12H,7-10H2,1-5H3. The van der Waals surface area contributed by atoms with E-state index in [1.54, 1.807) is 5.57 Å². The first kappa shape index (κ1) is 14.5. The van der Waals surface area contributed by atoms with Crippen LogP contribution in [-0.4, -0.2) is 20.3 Å². The number of hydrogen-bond acceptors (Lipinski definition) is 1. The van der Waals surface area contributed by atoms with Crippen molar-refractivity contribution in [2.75, 3.05) is 11.9 Å². The topological polar surface area (TPSA) is 9.23 Å². The van der Waals surface area contributed by atoms with Crippen LogP contribution in [0, 0.1) is 5.92 Å². The van der Waals surface area contributed by atoms with E-state index in [4.69, 9.17) is 4.43 Å². The van der Waals surface area contributed by atoms with Gasteiger partial charge < -0.3 is 4.43 Å². The van der Waals surface area contributed by atoms with Crippen LogP contribution in [-0.2, 0) is 4.43 Å². The first-order valence-corrected chi connectivity index (χ1v) is 10.2. The fourth-order valence-corrected chi connectivity index (χ4v) is 3.19. The highest BCUT2D eigenvalue weighted by atomic mass is 79.9. The number of alkyl halides is 1. The van der Waals surface area contributed by atoms with Gasteiger partial charge in [0.2, 0.25) is 0 Å². The highest BCUT2D eigenvalue weighted by molar-refractivity contribution is 9.09. The minimum Gasteiger partial charge on any atom is -0.417 e. The lowest BCUT2D eigenvalue weighted by molar-refractivity contribution is 0.233. The van der Waals surface area contributed by atoms with E-state index in [1.807, 2.05) is 0 Å². The molecule has 1 nitrogen and oxygen atoms in total. The molecule has 0 aliphatic heterocycles. The average molecular weight is 305 g/mol. The molecule has 0 spiro atoms. The van der Waals surface area contributed by atoms with E-state index in [9.17, 15) is 0 Å². The minimum absolute atomic E-state index is 0.331. The second-order valence-electron chi connectivity index (χ2n) is 6.37. The van der Waals surface area contributed by atoms with Crippen LogP contribution in [0.3, 0.4) is 0 Å². The molecule has 0 aromatic carbocycles. The summed E-state index contributed by atoms with van der Waals surface area (Å²) in [6.45, 7) is 12.5. The van der Waals surface area contributed by atoms with E-state index in [0.29, 0.717) is 5.04 Å². The van der Waals surface area contributed by atoms with Crippen molar-refractivity contribution in [1.29, 1.82) is 0 Å². The Morgan fingerprint density at radius 2 is 2.06 bits per heavy atom. The fraction of sp³-hybridized carbons (Fsp3) is 0.846. The Morgan fingerprint density at radius 1 is 1.44 bits per heavy atom. The maximum atomic E-state index is 6.26. The van der Waals surface area contributed by atoms with Gasteiger partial charge in [-0.15, -0.1) is 0 Å². The highest BCUT2D eigenvalue weighted by Gasteiger charge is 2.37. The number of allylic oxidation sites excluding steroid dienone is 2. The van der Waals surface area contributed by atoms with Crippen molar-refractivity contribution in [3.05, 3.63) is 11.6 Å². The summed E-state index contributed by atoms with van der Waals surface area (Å²) in [6.07, 6.45) is 4.80. The van der Waals surface area contributed by atoms with Gasteiger partial charge in [-0.1, -0.05) is 48.4 Å². The molecule has 0 aromatic heterocycles. The second kappa shape index (κ2) is 5.36.